The van der Waals surface area contributed by atoms with Gasteiger partial charge in [0.1, 0.15) is 0 Å². The van der Waals surface area contributed by atoms with Crippen molar-refractivity contribution in [2.45, 2.75) is 26.3 Å². The SMILES string of the molecule is C/C(=N\O)[C@H]1CCN(Cc2ccccc2)C[C@@H]1C1C=CC(Cl)=CC1. The lowest BCUT2D eigenvalue weighted by atomic mass is 9.73. The van der Waals surface area contributed by atoms with Crippen molar-refractivity contribution in [3.8, 4) is 0 Å². The Hall–Kier alpha value is -1.58. The molecule has 1 N–H and O–H groups in total. The number of benzene rings is 1. The van der Waals surface area contributed by atoms with Gasteiger partial charge in [0, 0.05) is 24.0 Å². The summed E-state index contributed by atoms with van der Waals surface area (Å²) in [4.78, 5) is 2.52. The number of piperidine rings is 1. The molecule has 3 rings (SSSR count). The molecule has 2 aliphatic rings. The number of hydrogen-bond acceptors (Lipinski definition) is 3. The molecule has 0 aromatic heterocycles. The first kappa shape index (κ1) is 17.2. The van der Waals surface area contributed by atoms with E-state index < -0.39 is 0 Å². The highest BCUT2D eigenvalue weighted by Crippen LogP contribution is 2.36. The molecule has 0 amide bonds. The van der Waals surface area contributed by atoms with Crippen molar-refractivity contribution in [3.63, 3.8) is 0 Å². The molecule has 3 nitrogen and oxygen atoms in total. The molecule has 1 unspecified atom stereocenters. The number of halogens is 1. The molecule has 0 spiro atoms. The van der Waals surface area contributed by atoms with Gasteiger partial charge in [-0.05, 0) is 49.8 Å². The molecule has 24 heavy (non-hydrogen) atoms. The number of hydrogen-bond donors (Lipinski definition) is 1. The van der Waals surface area contributed by atoms with Gasteiger partial charge < -0.3 is 5.21 Å². The summed E-state index contributed by atoms with van der Waals surface area (Å²) >= 11 is 6.08. The molecule has 1 aromatic rings. The van der Waals surface area contributed by atoms with Crippen LogP contribution in [0.25, 0.3) is 0 Å². The number of rotatable bonds is 4. The van der Waals surface area contributed by atoms with E-state index in [9.17, 15) is 5.21 Å². The molecule has 1 aromatic carbocycles. The predicted octanol–water partition coefficient (Wildman–Crippen LogP) is 4.67. The lowest BCUT2D eigenvalue weighted by Crippen LogP contribution is -2.45. The third-order valence-electron chi connectivity index (χ3n) is 5.32. The van der Waals surface area contributed by atoms with Crippen LogP contribution >= 0.6 is 11.6 Å². The Kier molecular flexibility index (Phi) is 5.75. The van der Waals surface area contributed by atoms with Gasteiger partial charge in [-0.2, -0.15) is 0 Å². The first-order valence-electron chi connectivity index (χ1n) is 8.66. The monoisotopic (exact) mass is 344 g/mol. The smallest absolute Gasteiger partial charge is 0.0574 e. The van der Waals surface area contributed by atoms with E-state index in [-0.39, 0.29) is 0 Å². The molecular weight excluding hydrogens is 320 g/mol. The highest BCUT2D eigenvalue weighted by Gasteiger charge is 2.35. The van der Waals surface area contributed by atoms with Gasteiger partial charge in [0.2, 0.25) is 0 Å². The van der Waals surface area contributed by atoms with E-state index in [1.54, 1.807) is 0 Å². The van der Waals surface area contributed by atoms with Gasteiger partial charge >= 0.3 is 0 Å². The van der Waals surface area contributed by atoms with Crippen LogP contribution in [0.2, 0.25) is 0 Å². The Morgan fingerprint density at radius 2 is 2.12 bits per heavy atom. The molecule has 4 heteroatoms. The van der Waals surface area contributed by atoms with E-state index in [2.05, 4.69) is 52.5 Å². The summed E-state index contributed by atoms with van der Waals surface area (Å²) in [5.74, 6) is 1.24. The first-order valence-corrected chi connectivity index (χ1v) is 9.04. The van der Waals surface area contributed by atoms with Gasteiger partial charge in [0.25, 0.3) is 0 Å². The highest BCUT2D eigenvalue weighted by molar-refractivity contribution is 6.31. The summed E-state index contributed by atoms with van der Waals surface area (Å²) in [5, 5.41) is 13.6. The summed E-state index contributed by atoms with van der Waals surface area (Å²) in [6, 6.07) is 10.6. The second-order valence-corrected chi connectivity index (χ2v) is 7.31. The van der Waals surface area contributed by atoms with Gasteiger partial charge in [-0.3, -0.25) is 4.90 Å². The van der Waals surface area contributed by atoms with Crippen molar-refractivity contribution in [1.82, 2.24) is 4.90 Å². The average Bonchev–Trinajstić information content (AvgIpc) is 2.62. The van der Waals surface area contributed by atoms with Gasteiger partial charge in [0.05, 0.1) is 5.71 Å². The fourth-order valence-corrected chi connectivity index (χ4v) is 4.15. The van der Waals surface area contributed by atoms with E-state index >= 15 is 0 Å². The molecule has 0 saturated carbocycles. The third-order valence-corrected chi connectivity index (χ3v) is 5.60. The fraction of sp³-hybridized carbons (Fsp3) is 0.450. The Bertz CT molecular complexity index is 638. The maximum Gasteiger partial charge on any atom is 0.0574 e. The molecule has 0 radical (unpaired) electrons. The van der Waals surface area contributed by atoms with Crippen molar-refractivity contribution in [3.05, 3.63) is 59.2 Å². The standard InChI is InChI=1S/C20H25ClN2O/c1-15(22-24)19-11-12-23(13-16-5-3-2-4-6-16)14-20(19)17-7-9-18(21)10-8-17/h2-7,9-10,17,19-20,24H,8,11-14H2,1H3/b22-15+/t17?,19-,20-/m1/s1. The van der Waals surface area contributed by atoms with Crippen molar-refractivity contribution in [2.75, 3.05) is 13.1 Å². The van der Waals surface area contributed by atoms with E-state index in [0.29, 0.717) is 17.8 Å². The summed E-state index contributed by atoms with van der Waals surface area (Å²) in [6.45, 7) is 4.98. The molecule has 0 bridgehead atoms. The highest BCUT2D eigenvalue weighted by atomic mass is 35.5. The zero-order valence-electron chi connectivity index (χ0n) is 14.1. The summed E-state index contributed by atoms with van der Waals surface area (Å²) < 4.78 is 0. The van der Waals surface area contributed by atoms with Crippen LogP contribution in [0.5, 0.6) is 0 Å². The quantitative estimate of drug-likeness (QED) is 0.489. The largest absolute Gasteiger partial charge is 0.411 e. The zero-order valence-corrected chi connectivity index (χ0v) is 14.9. The van der Waals surface area contributed by atoms with Crippen LogP contribution in [0.1, 0.15) is 25.3 Å². The Balaban J connectivity index is 1.73. The van der Waals surface area contributed by atoms with Gasteiger partial charge in [0.15, 0.2) is 0 Å². The number of likely N-dealkylation sites (tertiary alicyclic amines) is 1. The maximum absolute atomic E-state index is 9.27. The van der Waals surface area contributed by atoms with Gasteiger partial charge in [-0.1, -0.05) is 59.2 Å². The van der Waals surface area contributed by atoms with Crippen LogP contribution in [0.3, 0.4) is 0 Å². The fourth-order valence-electron chi connectivity index (χ4n) is 3.99. The molecule has 1 aliphatic heterocycles. The topological polar surface area (TPSA) is 35.8 Å². The Labute approximate surface area is 149 Å². The maximum atomic E-state index is 9.27. The van der Waals surface area contributed by atoms with Crippen molar-refractivity contribution < 1.29 is 5.21 Å². The van der Waals surface area contributed by atoms with Crippen LogP contribution in [0.15, 0.2) is 58.7 Å². The summed E-state index contributed by atoms with van der Waals surface area (Å²) in [7, 11) is 0. The number of allylic oxidation sites excluding steroid dienone is 4. The predicted molar refractivity (Wildman–Crippen MR) is 99.4 cm³/mol. The minimum absolute atomic E-state index is 0.335. The molecule has 1 fully saturated rings. The van der Waals surface area contributed by atoms with Crippen LogP contribution in [0, 0.1) is 17.8 Å². The van der Waals surface area contributed by atoms with Crippen LogP contribution in [0.4, 0.5) is 0 Å². The van der Waals surface area contributed by atoms with Crippen molar-refractivity contribution >= 4 is 17.3 Å². The van der Waals surface area contributed by atoms with Gasteiger partial charge in [-0.25, -0.2) is 0 Å². The number of oxime groups is 1. The number of nitrogens with zero attached hydrogens (tertiary/aromatic N) is 2. The molecule has 3 atom stereocenters. The van der Waals surface area contributed by atoms with Gasteiger partial charge in [-0.15, -0.1) is 0 Å². The molecule has 1 saturated heterocycles. The third kappa shape index (κ3) is 4.08. The second-order valence-electron chi connectivity index (χ2n) is 6.87. The lowest BCUT2D eigenvalue weighted by Gasteiger charge is -2.41. The van der Waals surface area contributed by atoms with Crippen molar-refractivity contribution in [2.24, 2.45) is 22.9 Å². The lowest BCUT2D eigenvalue weighted by molar-refractivity contribution is 0.114. The van der Waals surface area contributed by atoms with E-state index in [0.717, 1.165) is 43.2 Å². The first-order chi connectivity index (χ1) is 11.7. The van der Waals surface area contributed by atoms with Crippen molar-refractivity contribution in [1.29, 1.82) is 0 Å². The van der Waals surface area contributed by atoms with E-state index in [1.807, 2.05) is 13.0 Å². The summed E-state index contributed by atoms with van der Waals surface area (Å²) in [6.07, 6.45) is 8.35. The van der Waals surface area contributed by atoms with Crippen LogP contribution in [-0.2, 0) is 6.54 Å². The van der Waals surface area contributed by atoms with E-state index in [4.69, 9.17) is 11.6 Å². The van der Waals surface area contributed by atoms with Crippen LogP contribution < -0.4 is 0 Å². The summed E-state index contributed by atoms with van der Waals surface area (Å²) in [5.41, 5.74) is 2.21. The minimum atomic E-state index is 0.335. The normalized spacial score (nSPS) is 28.7. The van der Waals surface area contributed by atoms with Crippen LogP contribution in [-0.4, -0.2) is 28.9 Å². The second kappa shape index (κ2) is 8.00. The zero-order chi connectivity index (χ0) is 16.9. The molecular formula is C20H25ClN2O. The average molecular weight is 345 g/mol. The minimum Gasteiger partial charge on any atom is -0.411 e. The molecule has 1 aliphatic carbocycles. The molecule has 128 valence electrons. The van der Waals surface area contributed by atoms with E-state index in [1.165, 1.54) is 5.56 Å². The molecule has 1 heterocycles. The Morgan fingerprint density at radius 3 is 2.79 bits per heavy atom. The Morgan fingerprint density at radius 1 is 1.33 bits per heavy atom.